The molecular formula is C22H23N3O2. The van der Waals surface area contributed by atoms with Gasteiger partial charge in [-0.2, -0.15) is 5.26 Å². The highest BCUT2D eigenvalue weighted by atomic mass is 16.5. The summed E-state index contributed by atoms with van der Waals surface area (Å²) in [5.41, 5.74) is 4.42. The lowest BCUT2D eigenvalue weighted by molar-refractivity contribution is 0.00343. The number of nitrogens with zero attached hydrogens (tertiary/aromatic N) is 3. The number of ether oxygens (including phenoxy) is 1. The maximum absolute atomic E-state index is 13.1. The number of carbonyl (C=O) groups excluding carboxylic acids is 1. The minimum absolute atomic E-state index is 0.194. The highest BCUT2D eigenvalue weighted by molar-refractivity contribution is 5.99. The van der Waals surface area contributed by atoms with Gasteiger partial charge in [0.05, 0.1) is 30.4 Å². The van der Waals surface area contributed by atoms with E-state index in [2.05, 4.69) is 15.5 Å². The van der Waals surface area contributed by atoms with E-state index in [1.54, 1.807) is 0 Å². The van der Waals surface area contributed by atoms with Gasteiger partial charge in [0, 0.05) is 34.7 Å². The molecule has 4 aliphatic heterocycles. The van der Waals surface area contributed by atoms with Gasteiger partial charge in [0.1, 0.15) is 0 Å². The quantitative estimate of drug-likeness (QED) is 0.785. The van der Waals surface area contributed by atoms with Gasteiger partial charge >= 0.3 is 0 Å². The van der Waals surface area contributed by atoms with Crippen molar-refractivity contribution in [2.24, 2.45) is 0 Å². The molecule has 5 nitrogen and oxygen atoms in total. The Morgan fingerprint density at radius 3 is 2.70 bits per heavy atom. The van der Waals surface area contributed by atoms with Gasteiger partial charge in [0.25, 0.3) is 0 Å². The van der Waals surface area contributed by atoms with Crippen LogP contribution in [0, 0.1) is 25.2 Å². The maximum Gasteiger partial charge on any atom is 0.178 e. The number of ketones is 1. The fourth-order valence-electron chi connectivity index (χ4n) is 5.36. The van der Waals surface area contributed by atoms with Gasteiger partial charge in [0.2, 0.25) is 0 Å². The summed E-state index contributed by atoms with van der Waals surface area (Å²) < 4.78 is 8.11. The van der Waals surface area contributed by atoms with Crippen molar-refractivity contribution in [3.8, 4) is 11.8 Å². The lowest BCUT2D eigenvalue weighted by atomic mass is 10.00. The zero-order valence-corrected chi connectivity index (χ0v) is 15.7. The summed E-state index contributed by atoms with van der Waals surface area (Å²) in [5.74, 6) is 0.194. The van der Waals surface area contributed by atoms with Crippen molar-refractivity contribution in [2.45, 2.75) is 57.4 Å². The number of benzene rings is 1. The number of carbonyl (C=O) groups is 1. The van der Waals surface area contributed by atoms with E-state index in [1.165, 1.54) is 0 Å². The SMILES string of the molecule is Cc1cc(C(=O)CN2[C@H]3CC4C[C@H]2[C@H](C3)O4)c(C)n1-c1ccc(C#N)cc1. The standard InChI is InChI=1S/C22H23N3O2/c1-13-7-19(14(2)25(13)16-5-3-15(11-23)4-6-16)21(26)12-24-17-8-18-10-20(24)22(9-17)27-18/h3-7,17-18,20,22H,8-10,12H2,1-2H3/t17-,18?,20-,22-/m0/s1. The molecule has 1 aromatic carbocycles. The van der Waals surface area contributed by atoms with Gasteiger partial charge in [-0.05, 0) is 63.4 Å². The predicted molar refractivity (Wildman–Crippen MR) is 101 cm³/mol. The van der Waals surface area contributed by atoms with Crippen LogP contribution in [0.25, 0.3) is 5.69 Å². The summed E-state index contributed by atoms with van der Waals surface area (Å²) in [6.45, 7) is 4.51. The normalized spacial score (nSPS) is 28.6. The van der Waals surface area contributed by atoms with E-state index in [0.29, 0.717) is 36.4 Å². The number of aromatic nitrogens is 1. The second kappa shape index (κ2) is 6.05. The number of hydrogen-bond donors (Lipinski definition) is 0. The van der Waals surface area contributed by atoms with Crippen LogP contribution in [0.3, 0.4) is 0 Å². The number of rotatable bonds is 4. The molecule has 4 atom stereocenters. The van der Waals surface area contributed by atoms with Crippen LogP contribution >= 0.6 is 0 Å². The number of nitriles is 1. The fourth-order valence-corrected chi connectivity index (χ4v) is 5.36. The largest absolute Gasteiger partial charge is 0.373 e. The molecule has 4 aliphatic rings. The predicted octanol–water partition coefficient (Wildman–Crippen LogP) is 3.15. The van der Waals surface area contributed by atoms with Crippen molar-refractivity contribution in [3.63, 3.8) is 0 Å². The van der Waals surface area contributed by atoms with Crippen molar-refractivity contribution >= 4 is 5.78 Å². The minimum atomic E-state index is 0.194. The highest BCUT2D eigenvalue weighted by Crippen LogP contribution is 2.45. The van der Waals surface area contributed by atoms with Crippen LogP contribution in [-0.4, -0.2) is 46.1 Å². The molecule has 0 saturated carbocycles. The molecule has 0 amide bonds. The third kappa shape index (κ3) is 2.55. The van der Waals surface area contributed by atoms with Gasteiger partial charge in [-0.1, -0.05) is 0 Å². The van der Waals surface area contributed by atoms with Crippen LogP contribution in [0.4, 0.5) is 0 Å². The Kier molecular flexibility index (Phi) is 3.75. The van der Waals surface area contributed by atoms with Crippen LogP contribution in [0.5, 0.6) is 0 Å². The van der Waals surface area contributed by atoms with Crippen molar-refractivity contribution < 1.29 is 9.53 Å². The molecule has 0 radical (unpaired) electrons. The van der Waals surface area contributed by atoms with E-state index < -0.39 is 0 Å². The second-order valence-electron chi connectivity index (χ2n) is 8.10. The summed E-state index contributed by atoms with van der Waals surface area (Å²) in [5, 5.41) is 9.00. The molecule has 4 saturated heterocycles. The molecule has 4 bridgehead atoms. The lowest BCUT2D eigenvalue weighted by Gasteiger charge is -2.34. The van der Waals surface area contributed by atoms with E-state index in [-0.39, 0.29) is 5.78 Å². The van der Waals surface area contributed by atoms with E-state index in [9.17, 15) is 4.79 Å². The molecule has 0 N–H and O–H groups in total. The molecule has 138 valence electrons. The topological polar surface area (TPSA) is 58.3 Å². The summed E-state index contributed by atoms with van der Waals surface area (Å²) in [6, 6.07) is 12.6. The molecule has 5 heterocycles. The Morgan fingerprint density at radius 1 is 1.22 bits per heavy atom. The molecule has 5 heteroatoms. The third-order valence-corrected chi connectivity index (χ3v) is 6.55. The zero-order chi connectivity index (χ0) is 18.7. The molecular weight excluding hydrogens is 338 g/mol. The smallest absolute Gasteiger partial charge is 0.178 e. The van der Waals surface area contributed by atoms with E-state index in [4.69, 9.17) is 10.00 Å². The molecule has 1 aromatic heterocycles. The average Bonchev–Trinajstić information content (AvgIpc) is 3.21. The van der Waals surface area contributed by atoms with Crippen molar-refractivity contribution in [2.75, 3.05) is 6.54 Å². The van der Waals surface area contributed by atoms with Gasteiger partial charge in [-0.3, -0.25) is 9.69 Å². The Hall–Kier alpha value is -2.42. The third-order valence-electron chi connectivity index (χ3n) is 6.55. The van der Waals surface area contributed by atoms with Crippen LogP contribution in [0.2, 0.25) is 0 Å². The van der Waals surface area contributed by atoms with Gasteiger partial charge in [-0.25, -0.2) is 0 Å². The van der Waals surface area contributed by atoms with Gasteiger partial charge in [0.15, 0.2) is 5.78 Å². The first-order chi connectivity index (χ1) is 13.0. The molecule has 0 aliphatic carbocycles. The Balaban J connectivity index is 1.41. The van der Waals surface area contributed by atoms with E-state index in [0.717, 1.165) is 41.9 Å². The maximum atomic E-state index is 13.1. The monoisotopic (exact) mass is 361 g/mol. The number of Topliss-reactive ketones (excluding diaryl/α,β-unsaturated/α-hetero) is 1. The Morgan fingerprint density at radius 2 is 2.00 bits per heavy atom. The van der Waals surface area contributed by atoms with Crippen molar-refractivity contribution in [1.82, 2.24) is 9.47 Å². The lowest BCUT2D eigenvalue weighted by Crippen LogP contribution is -2.45. The molecule has 2 aromatic rings. The van der Waals surface area contributed by atoms with Crippen LogP contribution < -0.4 is 0 Å². The molecule has 0 spiro atoms. The van der Waals surface area contributed by atoms with Crippen LogP contribution in [0.1, 0.15) is 46.6 Å². The first kappa shape index (κ1) is 16.7. The van der Waals surface area contributed by atoms with Crippen LogP contribution in [0.15, 0.2) is 30.3 Å². The Labute approximate surface area is 159 Å². The van der Waals surface area contributed by atoms with E-state index >= 15 is 0 Å². The summed E-state index contributed by atoms with van der Waals surface area (Å²) in [6.07, 6.45) is 4.00. The summed E-state index contributed by atoms with van der Waals surface area (Å²) in [4.78, 5) is 15.5. The molecule has 4 fully saturated rings. The first-order valence-corrected chi connectivity index (χ1v) is 9.69. The van der Waals surface area contributed by atoms with Crippen molar-refractivity contribution in [3.05, 3.63) is 52.8 Å². The van der Waals surface area contributed by atoms with Gasteiger partial charge in [-0.15, -0.1) is 0 Å². The molecule has 1 unspecified atom stereocenters. The fraction of sp³-hybridized carbons (Fsp3) is 0.455. The van der Waals surface area contributed by atoms with Gasteiger partial charge < -0.3 is 9.30 Å². The second-order valence-corrected chi connectivity index (χ2v) is 8.10. The average molecular weight is 361 g/mol. The number of hydrogen-bond acceptors (Lipinski definition) is 4. The zero-order valence-electron chi connectivity index (χ0n) is 15.7. The summed E-state index contributed by atoms with van der Waals surface area (Å²) in [7, 11) is 0. The Bertz CT molecular complexity index is 949. The molecule has 27 heavy (non-hydrogen) atoms. The number of piperidine rings is 1. The van der Waals surface area contributed by atoms with Crippen LogP contribution in [-0.2, 0) is 4.74 Å². The van der Waals surface area contributed by atoms with E-state index in [1.807, 2.05) is 44.2 Å². The highest BCUT2D eigenvalue weighted by Gasteiger charge is 2.54. The minimum Gasteiger partial charge on any atom is -0.373 e. The number of aryl methyl sites for hydroxylation is 1. The van der Waals surface area contributed by atoms with Crippen molar-refractivity contribution in [1.29, 1.82) is 5.26 Å². The summed E-state index contributed by atoms with van der Waals surface area (Å²) >= 11 is 0. The first-order valence-electron chi connectivity index (χ1n) is 9.69. The molecule has 6 rings (SSSR count).